The number of amides is 1. The molecule has 3 rings (SSSR count). The predicted molar refractivity (Wildman–Crippen MR) is 168 cm³/mol. The van der Waals surface area contributed by atoms with Crippen LogP contribution in [0.4, 0.5) is 4.79 Å². The quantitative estimate of drug-likeness (QED) is 0.151. The fourth-order valence-corrected chi connectivity index (χ4v) is 4.60. The maximum atomic E-state index is 12.2. The van der Waals surface area contributed by atoms with Gasteiger partial charge in [0.1, 0.15) is 6.61 Å². The molecule has 10 heteroatoms. The van der Waals surface area contributed by atoms with Gasteiger partial charge in [-0.15, -0.1) is 0 Å². The number of carbonyl (C=O) groups is 1. The van der Waals surface area contributed by atoms with Gasteiger partial charge in [-0.05, 0) is 28.2 Å². The predicted octanol–water partition coefficient (Wildman–Crippen LogP) is 4.69. The highest BCUT2D eigenvalue weighted by Gasteiger charge is 2.28. The smallest absolute Gasteiger partial charge is 0.407 e. The van der Waals surface area contributed by atoms with Gasteiger partial charge in [0.2, 0.25) is 0 Å². The number of alkyl carbamates (subject to hydrolysis) is 1. The lowest BCUT2D eigenvalue weighted by Gasteiger charge is -2.14. The molecular weight excluding hydrogens is 566 g/mol. The Kier molecular flexibility index (Phi) is 18.7. The van der Waals surface area contributed by atoms with Crippen LogP contribution in [0, 0.1) is 5.92 Å². The SMILES string of the molecule is CCC(C)COCCOCCOCCOCCOCCOCCOCCNC(=O)OCC1c2ccccc2-c2ccccc21. The Bertz CT molecular complexity index is 992. The molecule has 0 fully saturated rings. The minimum absolute atomic E-state index is 0.0453. The van der Waals surface area contributed by atoms with Crippen LogP contribution in [0.1, 0.15) is 37.3 Å². The Morgan fingerprint density at radius 1 is 0.636 bits per heavy atom. The Balaban J connectivity index is 1.03. The van der Waals surface area contributed by atoms with Gasteiger partial charge in [0, 0.05) is 19.1 Å². The van der Waals surface area contributed by atoms with Crippen molar-refractivity contribution in [2.24, 2.45) is 5.92 Å². The van der Waals surface area contributed by atoms with Crippen LogP contribution >= 0.6 is 0 Å². The molecule has 246 valence electrons. The highest BCUT2D eigenvalue weighted by Crippen LogP contribution is 2.44. The van der Waals surface area contributed by atoms with Crippen molar-refractivity contribution in [3.63, 3.8) is 0 Å². The van der Waals surface area contributed by atoms with Crippen LogP contribution in [-0.2, 0) is 37.9 Å². The highest BCUT2D eigenvalue weighted by molar-refractivity contribution is 5.79. The van der Waals surface area contributed by atoms with Crippen LogP contribution in [0.3, 0.4) is 0 Å². The molecule has 0 bridgehead atoms. The lowest BCUT2D eigenvalue weighted by atomic mass is 9.98. The molecule has 1 amide bonds. The van der Waals surface area contributed by atoms with E-state index in [9.17, 15) is 4.79 Å². The largest absolute Gasteiger partial charge is 0.449 e. The normalized spacial score (nSPS) is 13.0. The second-order valence-corrected chi connectivity index (χ2v) is 10.5. The maximum Gasteiger partial charge on any atom is 0.407 e. The zero-order valence-electron chi connectivity index (χ0n) is 26.5. The van der Waals surface area contributed by atoms with Crippen molar-refractivity contribution in [2.75, 3.05) is 106 Å². The number of carbonyl (C=O) groups excluding carboxylic acids is 1. The van der Waals surface area contributed by atoms with Crippen LogP contribution in [0.2, 0.25) is 0 Å². The van der Waals surface area contributed by atoms with Gasteiger partial charge in [-0.3, -0.25) is 0 Å². The molecule has 0 radical (unpaired) electrons. The first-order chi connectivity index (χ1) is 21.7. The van der Waals surface area contributed by atoms with E-state index in [1.165, 1.54) is 22.3 Å². The van der Waals surface area contributed by atoms with E-state index in [0.29, 0.717) is 105 Å². The van der Waals surface area contributed by atoms with Crippen LogP contribution < -0.4 is 5.32 Å². The van der Waals surface area contributed by atoms with Gasteiger partial charge < -0.3 is 43.2 Å². The van der Waals surface area contributed by atoms with E-state index in [1.54, 1.807) is 0 Å². The van der Waals surface area contributed by atoms with Crippen LogP contribution in [-0.4, -0.2) is 112 Å². The number of hydrogen-bond donors (Lipinski definition) is 1. The summed E-state index contributed by atoms with van der Waals surface area (Å²) in [7, 11) is 0. The van der Waals surface area contributed by atoms with E-state index in [-0.39, 0.29) is 5.92 Å². The standard InChI is InChI=1S/C34H51NO9/c1-3-28(2)26-43-25-24-42-23-22-41-21-20-40-19-18-39-17-16-38-15-14-37-13-12-35-34(36)44-27-33-31-10-6-4-8-29(31)30-9-5-7-11-32(30)33/h4-11,28,33H,3,12-27H2,1-2H3,(H,35,36). The van der Waals surface area contributed by atoms with E-state index in [4.69, 9.17) is 37.9 Å². The van der Waals surface area contributed by atoms with Crippen molar-refractivity contribution >= 4 is 6.09 Å². The lowest BCUT2D eigenvalue weighted by Crippen LogP contribution is -2.29. The third-order valence-electron chi connectivity index (χ3n) is 7.19. The van der Waals surface area contributed by atoms with E-state index < -0.39 is 6.09 Å². The summed E-state index contributed by atoms with van der Waals surface area (Å²) >= 11 is 0. The third kappa shape index (κ3) is 14.0. The van der Waals surface area contributed by atoms with Gasteiger partial charge >= 0.3 is 6.09 Å². The summed E-state index contributed by atoms with van der Waals surface area (Å²) in [5.74, 6) is 0.638. The summed E-state index contributed by atoms with van der Waals surface area (Å²) < 4.78 is 44.0. The summed E-state index contributed by atoms with van der Waals surface area (Å²) in [5, 5.41) is 2.74. The van der Waals surface area contributed by atoms with Crippen molar-refractivity contribution < 1.29 is 42.7 Å². The van der Waals surface area contributed by atoms with Crippen molar-refractivity contribution in [1.29, 1.82) is 0 Å². The Morgan fingerprint density at radius 2 is 1.05 bits per heavy atom. The van der Waals surface area contributed by atoms with Crippen molar-refractivity contribution in [3.8, 4) is 11.1 Å². The van der Waals surface area contributed by atoms with E-state index in [2.05, 4.69) is 43.4 Å². The first-order valence-corrected chi connectivity index (χ1v) is 15.8. The second-order valence-electron chi connectivity index (χ2n) is 10.5. The summed E-state index contributed by atoms with van der Waals surface area (Å²) in [5.41, 5.74) is 4.79. The van der Waals surface area contributed by atoms with Crippen LogP contribution in [0.5, 0.6) is 0 Å². The molecule has 0 aromatic heterocycles. The van der Waals surface area contributed by atoms with E-state index in [0.717, 1.165) is 13.0 Å². The summed E-state index contributed by atoms with van der Waals surface area (Å²) in [4.78, 5) is 12.2. The summed E-state index contributed by atoms with van der Waals surface area (Å²) in [6.07, 6.45) is 0.684. The van der Waals surface area contributed by atoms with Gasteiger partial charge in [-0.25, -0.2) is 4.79 Å². The van der Waals surface area contributed by atoms with Crippen LogP contribution in [0.15, 0.2) is 48.5 Å². The van der Waals surface area contributed by atoms with Gasteiger partial charge in [0.15, 0.2) is 0 Å². The molecule has 1 atom stereocenters. The summed E-state index contributed by atoms with van der Waals surface area (Å²) in [6, 6.07) is 16.5. The lowest BCUT2D eigenvalue weighted by molar-refractivity contribution is -0.0213. The van der Waals surface area contributed by atoms with E-state index in [1.807, 2.05) is 24.3 Å². The number of ether oxygens (including phenoxy) is 8. The molecule has 0 saturated heterocycles. The molecule has 1 aliphatic carbocycles. The number of rotatable bonds is 26. The average molecular weight is 618 g/mol. The molecule has 0 saturated carbocycles. The van der Waals surface area contributed by atoms with Crippen LogP contribution in [0.25, 0.3) is 11.1 Å². The topological polar surface area (TPSA) is 103 Å². The number of benzene rings is 2. The maximum absolute atomic E-state index is 12.2. The average Bonchev–Trinajstić information content (AvgIpc) is 3.37. The number of fused-ring (bicyclic) bond motifs is 3. The fourth-order valence-electron chi connectivity index (χ4n) is 4.60. The second kappa shape index (κ2) is 22.9. The molecule has 1 unspecified atom stereocenters. The van der Waals surface area contributed by atoms with Crippen molar-refractivity contribution in [2.45, 2.75) is 26.2 Å². The molecule has 44 heavy (non-hydrogen) atoms. The molecule has 2 aromatic rings. The Labute approximate surface area is 262 Å². The summed E-state index contributed by atoms with van der Waals surface area (Å²) in [6.45, 7) is 12.4. The molecular formula is C34H51NO9. The molecule has 0 heterocycles. The number of nitrogens with one attached hydrogen (secondary N) is 1. The zero-order chi connectivity index (χ0) is 31.1. The number of hydrogen-bond acceptors (Lipinski definition) is 9. The monoisotopic (exact) mass is 617 g/mol. The minimum atomic E-state index is -0.445. The Hall–Kier alpha value is -2.57. The molecule has 0 spiro atoms. The molecule has 10 nitrogen and oxygen atoms in total. The first kappa shape index (κ1) is 35.9. The van der Waals surface area contributed by atoms with E-state index >= 15 is 0 Å². The zero-order valence-corrected chi connectivity index (χ0v) is 26.5. The van der Waals surface area contributed by atoms with Gasteiger partial charge in [0.05, 0.1) is 85.9 Å². The highest BCUT2D eigenvalue weighted by atomic mass is 16.6. The van der Waals surface area contributed by atoms with Crippen molar-refractivity contribution in [3.05, 3.63) is 59.7 Å². The molecule has 1 N–H and O–H groups in total. The van der Waals surface area contributed by atoms with Crippen molar-refractivity contribution in [1.82, 2.24) is 5.32 Å². The molecule has 1 aliphatic rings. The minimum Gasteiger partial charge on any atom is -0.449 e. The van der Waals surface area contributed by atoms with Gasteiger partial charge in [0.25, 0.3) is 0 Å². The molecule has 2 aromatic carbocycles. The third-order valence-corrected chi connectivity index (χ3v) is 7.19. The van der Waals surface area contributed by atoms with Gasteiger partial charge in [-0.2, -0.15) is 0 Å². The first-order valence-electron chi connectivity index (χ1n) is 15.8. The Morgan fingerprint density at radius 3 is 1.50 bits per heavy atom. The molecule has 0 aliphatic heterocycles. The fraction of sp³-hybridized carbons (Fsp3) is 0.618. The van der Waals surface area contributed by atoms with Gasteiger partial charge in [-0.1, -0.05) is 68.8 Å².